The summed E-state index contributed by atoms with van der Waals surface area (Å²) >= 11 is 0. The molecule has 30 heavy (non-hydrogen) atoms. The van der Waals surface area contributed by atoms with Crippen molar-refractivity contribution in [2.75, 3.05) is 13.1 Å². The van der Waals surface area contributed by atoms with E-state index in [2.05, 4.69) is 11.9 Å². The predicted molar refractivity (Wildman–Crippen MR) is 112 cm³/mol. The van der Waals surface area contributed by atoms with Crippen LogP contribution in [0.3, 0.4) is 0 Å². The van der Waals surface area contributed by atoms with E-state index >= 15 is 0 Å². The van der Waals surface area contributed by atoms with Crippen LogP contribution < -0.4 is 5.32 Å². The van der Waals surface area contributed by atoms with Crippen LogP contribution in [0.5, 0.6) is 0 Å². The Hall–Kier alpha value is -2.97. The smallest absolute Gasteiger partial charge is 0.338 e. The van der Waals surface area contributed by atoms with Crippen LogP contribution in [0.4, 0.5) is 0 Å². The molecule has 0 radical (unpaired) electrons. The molecule has 0 saturated heterocycles. The Morgan fingerprint density at radius 3 is 2.67 bits per heavy atom. The van der Waals surface area contributed by atoms with Crippen LogP contribution in [0.2, 0.25) is 0 Å². The molecule has 2 aromatic rings. The topological polar surface area (TPSA) is 92.8 Å². The third kappa shape index (κ3) is 4.77. The van der Waals surface area contributed by atoms with Crippen molar-refractivity contribution >= 4 is 21.9 Å². The van der Waals surface area contributed by atoms with Crippen LogP contribution in [0.25, 0.3) is 0 Å². The first-order valence-electron chi connectivity index (χ1n) is 9.59. The molecule has 0 aliphatic carbocycles. The first kappa shape index (κ1) is 21.7. The number of benzene rings is 2. The van der Waals surface area contributed by atoms with Gasteiger partial charge in [-0.25, -0.2) is 13.2 Å². The van der Waals surface area contributed by atoms with Crippen LogP contribution in [0.1, 0.15) is 28.4 Å². The zero-order valence-corrected chi connectivity index (χ0v) is 17.5. The average Bonchev–Trinajstić information content (AvgIpc) is 2.77. The monoisotopic (exact) mass is 428 g/mol. The van der Waals surface area contributed by atoms with Crippen LogP contribution in [0, 0.1) is 0 Å². The molecule has 1 aliphatic heterocycles. The standard InChI is InChI=1S/C22H24N2O5S/c1-3-12-23-21(25)16(2)29-22(26)18-9-6-10-20(14-18)30(27,28)24-13-11-17-7-4-5-8-19(17)15-24/h3-10,14,16H,1,11-13,15H2,2H3,(H,23,25)/t16-/m0/s1. The van der Waals surface area contributed by atoms with Crippen LogP contribution in [0.15, 0.2) is 66.1 Å². The second-order valence-electron chi connectivity index (χ2n) is 6.97. The maximum Gasteiger partial charge on any atom is 0.338 e. The molecule has 0 unspecified atom stereocenters. The van der Waals surface area contributed by atoms with E-state index in [1.807, 2.05) is 24.3 Å². The van der Waals surface area contributed by atoms with Crippen molar-refractivity contribution in [3.63, 3.8) is 0 Å². The number of nitrogens with one attached hydrogen (secondary N) is 1. The highest BCUT2D eigenvalue weighted by atomic mass is 32.2. The van der Waals surface area contributed by atoms with E-state index in [0.29, 0.717) is 13.0 Å². The number of esters is 1. The van der Waals surface area contributed by atoms with Crippen molar-refractivity contribution in [1.29, 1.82) is 0 Å². The number of hydrogen-bond donors (Lipinski definition) is 1. The number of ether oxygens (including phenoxy) is 1. The lowest BCUT2D eigenvalue weighted by molar-refractivity contribution is -0.128. The third-order valence-corrected chi connectivity index (χ3v) is 6.72. The number of nitrogens with zero attached hydrogens (tertiary/aromatic N) is 1. The fraction of sp³-hybridized carbons (Fsp3) is 0.273. The second-order valence-corrected chi connectivity index (χ2v) is 8.90. The van der Waals surface area contributed by atoms with Gasteiger partial charge in [-0.1, -0.05) is 36.4 Å². The normalized spacial score (nSPS) is 15.0. The minimum absolute atomic E-state index is 0.0140. The molecular formula is C22H24N2O5S. The maximum absolute atomic E-state index is 13.1. The summed E-state index contributed by atoms with van der Waals surface area (Å²) < 4.78 is 32.8. The maximum atomic E-state index is 13.1. The molecule has 1 aliphatic rings. The van der Waals surface area contributed by atoms with E-state index < -0.39 is 28.0 Å². The van der Waals surface area contributed by atoms with Gasteiger partial charge in [0.1, 0.15) is 0 Å². The summed E-state index contributed by atoms with van der Waals surface area (Å²) in [7, 11) is -3.78. The second kappa shape index (κ2) is 9.23. The third-order valence-electron chi connectivity index (χ3n) is 4.88. The number of sulfonamides is 1. The predicted octanol–water partition coefficient (Wildman–Crippen LogP) is 2.28. The Morgan fingerprint density at radius 1 is 1.20 bits per heavy atom. The summed E-state index contributed by atoms with van der Waals surface area (Å²) in [6, 6.07) is 13.4. The molecule has 0 bridgehead atoms. The molecule has 0 fully saturated rings. The quantitative estimate of drug-likeness (QED) is 0.540. The minimum Gasteiger partial charge on any atom is -0.449 e. The van der Waals surface area contributed by atoms with E-state index in [1.54, 1.807) is 0 Å². The van der Waals surface area contributed by atoms with Crippen molar-refractivity contribution < 1.29 is 22.7 Å². The molecular weight excluding hydrogens is 404 g/mol. The fourth-order valence-corrected chi connectivity index (χ4v) is 4.67. The Balaban J connectivity index is 1.75. The SMILES string of the molecule is C=CCNC(=O)[C@H](C)OC(=O)c1cccc(S(=O)(=O)N2CCc3ccccc3C2)c1. The summed E-state index contributed by atoms with van der Waals surface area (Å²) in [5, 5.41) is 2.54. The molecule has 158 valence electrons. The van der Waals surface area contributed by atoms with Gasteiger partial charge in [0.2, 0.25) is 10.0 Å². The Kier molecular flexibility index (Phi) is 6.69. The van der Waals surface area contributed by atoms with Crippen molar-refractivity contribution in [2.45, 2.75) is 30.9 Å². The van der Waals surface area contributed by atoms with Crippen molar-refractivity contribution in [3.05, 3.63) is 77.9 Å². The summed E-state index contributed by atoms with van der Waals surface area (Å²) in [6.45, 7) is 5.86. The summed E-state index contributed by atoms with van der Waals surface area (Å²) in [6.07, 6.45) is 1.13. The first-order chi connectivity index (χ1) is 14.3. The molecule has 0 saturated carbocycles. The lowest BCUT2D eigenvalue weighted by Gasteiger charge is -2.28. The molecule has 7 nitrogen and oxygen atoms in total. The molecule has 0 aromatic heterocycles. The van der Waals surface area contributed by atoms with Gasteiger partial charge in [-0.2, -0.15) is 4.31 Å². The highest BCUT2D eigenvalue weighted by Crippen LogP contribution is 2.25. The van der Waals surface area contributed by atoms with E-state index in [0.717, 1.165) is 11.1 Å². The summed E-state index contributed by atoms with van der Waals surface area (Å²) in [4.78, 5) is 24.3. The Morgan fingerprint density at radius 2 is 1.93 bits per heavy atom. The van der Waals surface area contributed by atoms with Crippen LogP contribution in [-0.2, 0) is 32.5 Å². The number of carbonyl (C=O) groups is 2. The van der Waals surface area contributed by atoms with Crippen LogP contribution in [-0.4, -0.2) is 43.8 Å². The van der Waals surface area contributed by atoms with Gasteiger partial charge in [-0.15, -0.1) is 6.58 Å². The zero-order valence-electron chi connectivity index (χ0n) is 16.7. The molecule has 3 rings (SSSR count). The van der Waals surface area contributed by atoms with Gasteiger partial charge in [0.05, 0.1) is 10.5 Å². The van der Waals surface area contributed by atoms with Gasteiger partial charge in [0.15, 0.2) is 6.10 Å². The number of rotatable bonds is 7. The van der Waals surface area contributed by atoms with Crippen molar-refractivity contribution in [3.8, 4) is 0 Å². The molecule has 2 aromatic carbocycles. The van der Waals surface area contributed by atoms with Gasteiger partial charge in [0, 0.05) is 19.6 Å². The van der Waals surface area contributed by atoms with E-state index in [4.69, 9.17) is 4.74 Å². The van der Waals surface area contributed by atoms with E-state index in [1.165, 1.54) is 41.6 Å². The zero-order chi connectivity index (χ0) is 21.7. The van der Waals surface area contributed by atoms with Gasteiger partial charge >= 0.3 is 5.97 Å². The largest absolute Gasteiger partial charge is 0.449 e. The highest BCUT2D eigenvalue weighted by Gasteiger charge is 2.29. The fourth-order valence-electron chi connectivity index (χ4n) is 3.21. The Bertz CT molecular complexity index is 1060. The summed E-state index contributed by atoms with van der Waals surface area (Å²) in [5.41, 5.74) is 2.18. The van der Waals surface area contributed by atoms with E-state index in [9.17, 15) is 18.0 Å². The number of carbonyl (C=O) groups excluding carboxylic acids is 2. The molecule has 1 heterocycles. The summed E-state index contributed by atoms with van der Waals surface area (Å²) in [5.74, 6) is -1.23. The van der Waals surface area contributed by atoms with Crippen molar-refractivity contribution in [2.24, 2.45) is 0 Å². The highest BCUT2D eigenvalue weighted by molar-refractivity contribution is 7.89. The Labute approximate surface area is 176 Å². The first-order valence-corrected chi connectivity index (χ1v) is 11.0. The van der Waals surface area contributed by atoms with Gasteiger partial charge < -0.3 is 10.1 Å². The molecule has 1 amide bonds. The number of fused-ring (bicyclic) bond motifs is 1. The van der Waals surface area contributed by atoms with Crippen LogP contribution >= 0.6 is 0 Å². The molecule has 8 heteroatoms. The average molecular weight is 429 g/mol. The van der Waals surface area contributed by atoms with Crippen molar-refractivity contribution in [1.82, 2.24) is 9.62 Å². The van der Waals surface area contributed by atoms with Gasteiger partial charge in [-0.3, -0.25) is 4.79 Å². The molecule has 1 atom stereocenters. The number of amides is 1. The number of hydrogen-bond acceptors (Lipinski definition) is 5. The lowest BCUT2D eigenvalue weighted by Crippen LogP contribution is -2.36. The molecule has 1 N–H and O–H groups in total. The minimum atomic E-state index is -3.78. The molecule has 0 spiro atoms. The van der Waals surface area contributed by atoms with Gasteiger partial charge in [-0.05, 0) is 42.7 Å². The lowest BCUT2D eigenvalue weighted by atomic mass is 10.0. The van der Waals surface area contributed by atoms with Gasteiger partial charge in [0.25, 0.3) is 5.91 Å². The van der Waals surface area contributed by atoms with E-state index in [-0.39, 0.29) is 23.5 Å².